The summed E-state index contributed by atoms with van der Waals surface area (Å²) in [7, 11) is 5.30. The van der Waals surface area contributed by atoms with Crippen molar-refractivity contribution in [3.05, 3.63) is 41.2 Å². The summed E-state index contributed by atoms with van der Waals surface area (Å²) in [5, 5.41) is 38.3. The molecular formula is C26H37N3O10. The summed E-state index contributed by atoms with van der Waals surface area (Å²) < 4.78 is 18.5. The van der Waals surface area contributed by atoms with Crippen molar-refractivity contribution in [2.45, 2.75) is 57.4 Å². The number of benzene rings is 1. The molecule has 2 aromatic rings. The van der Waals surface area contributed by atoms with Crippen molar-refractivity contribution in [1.82, 2.24) is 14.7 Å². The minimum absolute atomic E-state index is 0.312. The van der Waals surface area contributed by atoms with Crippen LogP contribution in [0.2, 0.25) is 0 Å². The van der Waals surface area contributed by atoms with Gasteiger partial charge in [-0.25, -0.2) is 4.79 Å². The molecule has 1 aliphatic heterocycles. The monoisotopic (exact) mass is 551 g/mol. The van der Waals surface area contributed by atoms with Crippen LogP contribution in [-0.4, -0.2) is 92.1 Å². The maximum Gasteiger partial charge on any atom is 0.336 e. The van der Waals surface area contributed by atoms with E-state index < -0.39 is 36.4 Å². The van der Waals surface area contributed by atoms with Gasteiger partial charge in [0.15, 0.2) is 17.1 Å². The molecule has 3 rings (SSSR count). The first-order chi connectivity index (χ1) is 18.4. The number of aliphatic hydroxyl groups is 1. The van der Waals surface area contributed by atoms with Crippen molar-refractivity contribution in [2.75, 3.05) is 27.4 Å². The number of hydrogen-bond donors (Lipinski definition) is 4. The molecule has 1 aromatic carbocycles. The van der Waals surface area contributed by atoms with E-state index in [1.54, 1.807) is 14.2 Å². The second-order valence-corrected chi connectivity index (χ2v) is 9.39. The highest BCUT2D eigenvalue weighted by Crippen LogP contribution is 2.28. The fraction of sp³-hybridized carbons (Fsp3) is 0.538. The summed E-state index contributed by atoms with van der Waals surface area (Å²) in [6.45, 7) is 5.54. The number of nitrogens with zero attached hydrogens (tertiary/aromatic N) is 3. The molecule has 0 radical (unpaired) electrons. The fourth-order valence-corrected chi connectivity index (χ4v) is 4.26. The maximum atomic E-state index is 10.3. The molecule has 2 heterocycles. The number of carbonyl (C=O) groups is 3. The predicted octanol–water partition coefficient (Wildman–Crippen LogP) is 1.68. The lowest BCUT2D eigenvalue weighted by Gasteiger charge is -2.25. The number of methoxy groups -OCH3 is 2. The molecular weight excluding hydrogens is 514 g/mol. The molecule has 0 amide bonds. The Labute approximate surface area is 226 Å². The summed E-state index contributed by atoms with van der Waals surface area (Å²) in [6.07, 6.45) is 2.41. The first kappa shape index (κ1) is 31.5. The van der Waals surface area contributed by atoms with Crippen LogP contribution in [-0.2, 0) is 39.3 Å². The summed E-state index contributed by atoms with van der Waals surface area (Å²) in [4.78, 5) is 32.9. The summed E-state index contributed by atoms with van der Waals surface area (Å²) >= 11 is 0. The highest BCUT2D eigenvalue weighted by Gasteiger charge is 2.40. The van der Waals surface area contributed by atoms with Gasteiger partial charge >= 0.3 is 17.9 Å². The van der Waals surface area contributed by atoms with Gasteiger partial charge in [0.2, 0.25) is 0 Å². The van der Waals surface area contributed by atoms with Crippen molar-refractivity contribution in [2.24, 2.45) is 7.05 Å². The van der Waals surface area contributed by atoms with Gasteiger partial charge in [-0.1, -0.05) is 6.07 Å². The van der Waals surface area contributed by atoms with Gasteiger partial charge in [-0.2, -0.15) is 5.10 Å². The number of ether oxygens (including phenoxy) is 3. The van der Waals surface area contributed by atoms with E-state index in [0.29, 0.717) is 6.10 Å². The van der Waals surface area contributed by atoms with Gasteiger partial charge in [0.1, 0.15) is 0 Å². The predicted molar refractivity (Wildman–Crippen MR) is 138 cm³/mol. The lowest BCUT2D eigenvalue weighted by molar-refractivity contribution is -0.170. The van der Waals surface area contributed by atoms with E-state index in [-0.39, 0.29) is 0 Å². The molecule has 1 fully saturated rings. The molecule has 4 N–H and O–H groups in total. The fourth-order valence-electron chi connectivity index (χ4n) is 4.26. The molecule has 1 aromatic heterocycles. The van der Waals surface area contributed by atoms with Crippen LogP contribution in [0, 0.1) is 6.92 Å². The lowest BCUT2D eigenvalue weighted by atomic mass is 9.96. The molecule has 0 aliphatic carbocycles. The second kappa shape index (κ2) is 14.5. The van der Waals surface area contributed by atoms with E-state index in [9.17, 15) is 14.4 Å². The van der Waals surface area contributed by atoms with Crippen LogP contribution in [0.1, 0.15) is 42.5 Å². The Balaban J connectivity index is 0.000000349. The Bertz CT molecular complexity index is 1110. The van der Waals surface area contributed by atoms with Crippen molar-refractivity contribution in [3.8, 4) is 11.5 Å². The standard InChI is InChI=1S/C20H29N3O3.C6H8O7/c1-15-17(12-22(2)21-15)13-23(14-18-6-5-9-26-18)11-16-7-8-19(24-3)20(10-16)25-4;7-3(8)1-6(13,5(11)12)2-4(9)10/h7-8,10,12,18H,5-6,9,11,13-14H2,1-4H3;13H,1-2H2,(H,7,8)(H,9,10)(H,11,12). The molecule has 1 saturated heterocycles. The summed E-state index contributed by atoms with van der Waals surface area (Å²) in [5.74, 6) is -3.50. The van der Waals surface area contributed by atoms with Gasteiger partial charge < -0.3 is 34.6 Å². The van der Waals surface area contributed by atoms with Gasteiger partial charge in [0, 0.05) is 45.0 Å². The van der Waals surface area contributed by atoms with Gasteiger partial charge in [0.05, 0.1) is 38.9 Å². The molecule has 1 atom stereocenters. The van der Waals surface area contributed by atoms with Gasteiger partial charge in [-0.15, -0.1) is 0 Å². The number of aryl methyl sites for hydroxylation is 2. The first-order valence-electron chi connectivity index (χ1n) is 12.3. The molecule has 0 saturated carbocycles. The van der Waals surface area contributed by atoms with Crippen molar-refractivity contribution >= 4 is 17.9 Å². The van der Waals surface area contributed by atoms with Crippen LogP contribution in [0.15, 0.2) is 24.4 Å². The molecule has 13 nitrogen and oxygen atoms in total. The van der Waals surface area contributed by atoms with E-state index in [4.69, 9.17) is 34.6 Å². The molecule has 0 spiro atoms. The molecule has 39 heavy (non-hydrogen) atoms. The topological polar surface area (TPSA) is 181 Å². The minimum Gasteiger partial charge on any atom is -0.493 e. The smallest absolute Gasteiger partial charge is 0.336 e. The zero-order chi connectivity index (χ0) is 29.2. The third kappa shape index (κ3) is 9.85. The maximum absolute atomic E-state index is 10.3. The number of aromatic nitrogens is 2. The van der Waals surface area contributed by atoms with E-state index in [1.165, 1.54) is 11.1 Å². The van der Waals surface area contributed by atoms with Crippen LogP contribution >= 0.6 is 0 Å². The third-order valence-electron chi connectivity index (χ3n) is 6.13. The van der Waals surface area contributed by atoms with E-state index in [1.807, 2.05) is 17.8 Å². The Morgan fingerprint density at radius 3 is 2.21 bits per heavy atom. The van der Waals surface area contributed by atoms with Crippen LogP contribution in [0.25, 0.3) is 0 Å². The molecule has 13 heteroatoms. The normalized spacial score (nSPS) is 15.0. The quantitative estimate of drug-likeness (QED) is 0.283. The summed E-state index contributed by atoms with van der Waals surface area (Å²) in [5.41, 5.74) is 0.794. The largest absolute Gasteiger partial charge is 0.493 e. The Morgan fingerprint density at radius 1 is 1.10 bits per heavy atom. The van der Waals surface area contributed by atoms with Gasteiger partial charge in [-0.05, 0) is 37.5 Å². The SMILES string of the molecule is COc1ccc(CN(Cc2cn(C)nc2C)CC2CCCO2)cc1OC.O=C(O)CC(O)(CC(=O)O)C(=O)O. The highest BCUT2D eigenvalue weighted by atomic mass is 16.5. The van der Waals surface area contributed by atoms with E-state index in [0.717, 1.165) is 56.3 Å². The zero-order valence-corrected chi connectivity index (χ0v) is 22.6. The van der Waals surface area contributed by atoms with Gasteiger partial charge in [0.25, 0.3) is 0 Å². The Morgan fingerprint density at radius 2 is 1.74 bits per heavy atom. The average Bonchev–Trinajstić information content (AvgIpc) is 3.46. The number of hydrogen-bond acceptors (Lipinski definition) is 9. The molecule has 216 valence electrons. The number of aliphatic carboxylic acids is 3. The molecule has 1 unspecified atom stereocenters. The summed E-state index contributed by atoms with van der Waals surface area (Å²) in [6, 6.07) is 6.12. The van der Waals surface area contributed by atoms with E-state index >= 15 is 0 Å². The van der Waals surface area contributed by atoms with Crippen molar-refractivity contribution in [3.63, 3.8) is 0 Å². The highest BCUT2D eigenvalue weighted by molar-refractivity contribution is 5.88. The Hall–Kier alpha value is -3.68. The van der Waals surface area contributed by atoms with Crippen LogP contribution in [0.4, 0.5) is 0 Å². The van der Waals surface area contributed by atoms with Crippen LogP contribution in [0.5, 0.6) is 11.5 Å². The van der Waals surface area contributed by atoms with Crippen molar-refractivity contribution in [1.29, 1.82) is 0 Å². The number of carboxylic acids is 3. The molecule has 0 bridgehead atoms. The van der Waals surface area contributed by atoms with Crippen molar-refractivity contribution < 1.29 is 49.0 Å². The van der Waals surface area contributed by atoms with E-state index in [2.05, 4.69) is 35.3 Å². The first-order valence-corrected chi connectivity index (χ1v) is 12.3. The number of carboxylic acid groups (broad SMARTS) is 3. The lowest BCUT2D eigenvalue weighted by Crippen LogP contribution is -2.42. The average molecular weight is 552 g/mol. The zero-order valence-electron chi connectivity index (χ0n) is 22.6. The van der Waals surface area contributed by atoms with Crippen LogP contribution < -0.4 is 9.47 Å². The molecule has 1 aliphatic rings. The Kier molecular flexibility index (Phi) is 11.7. The van der Waals surface area contributed by atoms with Gasteiger partial charge in [-0.3, -0.25) is 19.2 Å². The second-order valence-electron chi connectivity index (χ2n) is 9.39. The van der Waals surface area contributed by atoms with Crippen LogP contribution in [0.3, 0.4) is 0 Å². The number of rotatable bonds is 13. The minimum atomic E-state index is -2.74. The third-order valence-corrected chi connectivity index (χ3v) is 6.13.